The van der Waals surface area contributed by atoms with Crippen LogP contribution < -0.4 is 9.47 Å². The van der Waals surface area contributed by atoms with E-state index >= 15 is 0 Å². The second-order valence-electron chi connectivity index (χ2n) is 8.30. The molecule has 3 aromatic carbocycles. The molecule has 0 aliphatic rings. The molecule has 0 aliphatic heterocycles. The maximum absolute atomic E-state index is 13.0. The number of esters is 2. The Morgan fingerprint density at radius 1 is 0.500 bits per heavy atom. The van der Waals surface area contributed by atoms with Crippen LogP contribution in [0.25, 0.3) is 0 Å². The maximum Gasteiger partial charge on any atom is 0.308 e. The van der Waals surface area contributed by atoms with Crippen molar-refractivity contribution in [1.82, 2.24) is 0 Å². The first-order valence-corrected chi connectivity index (χ1v) is 10.8. The summed E-state index contributed by atoms with van der Waals surface area (Å²) < 4.78 is 10.5. The van der Waals surface area contributed by atoms with Crippen molar-refractivity contribution in [2.24, 2.45) is 0 Å². The van der Waals surface area contributed by atoms with E-state index in [2.05, 4.69) is 0 Å². The summed E-state index contributed by atoms with van der Waals surface area (Å²) in [6, 6.07) is 13.2. The van der Waals surface area contributed by atoms with Gasteiger partial charge in [-0.3, -0.25) is 19.2 Å². The van der Waals surface area contributed by atoms with Gasteiger partial charge in [0.25, 0.3) is 0 Å². The molecule has 0 amide bonds. The van der Waals surface area contributed by atoms with E-state index in [4.69, 9.17) is 9.47 Å². The van der Waals surface area contributed by atoms with Crippen LogP contribution in [-0.4, -0.2) is 23.5 Å². The Bertz CT molecular complexity index is 1170. The van der Waals surface area contributed by atoms with Crippen molar-refractivity contribution >= 4 is 23.5 Å². The summed E-state index contributed by atoms with van der Waals surface area (Å²) in [6.45, 7) is 9.78. The number of ketones is 2. The van der Waals surface area contributed by atoms with Gasteiger partial charge in [0.1, 0.15) is 11.5 Å². The van der Waals surface area contributed by atoms with Crippen molar-refractivity contribution in [3.8, 4) is 11.5 Å². The summed E-state index contributed by atoms with van der Waals surface area (Å²) in [7, 11) is 0. The maximum atomic E-state index is 13.0. The topological polar surface area (TPSA) is 86.7 Å². The molecule has 3 aromatic rings. The first-order valence-electron chi connectivity index (χ1n) is 10.8. The van der Waals surface area contributed by atoms with Gasteiger partial charge in [-0.25, -0.2) is 0 Å². The van der Waals surface area contributed by atoms with Gasteiger partial charge in [-0.05, 0) is 74.2 Å². The molecule has 3 rings (SSSR count). The molecule has 174 valence electrons. The highest BCUT2D eigenvalue weighted by Gasteiger charge is 2.17. The summed E-state index contributed by atoms with van der Waals surface area (Å²) >= 11 is 0. The van der Waals surface area contributed by atoms with Crippen LogP contribution >= 0.6 is 0 Å². The average molecular weight is 459 g/mol. The van der Waals surface area contributed by atoms with Gasteiger partial charge < -0.3 is 9.47 Å². The SMILES string of the molecule is CC(=O)Oc1c(C)cc(C(=O)c2ccc(C(=O)c3cc(C)c(OC(C)=O)c(C)c3)cc2)cc1C. The van der Waals surface area contributed by atoms with Crippen LogP contribution in [0.4, 0.5) is 0 Å². The van der Waals surface area contributed by atoms with Gasteiger partial charge in [-0.2, -0.15) is 0 Å². The minimum Gasteiger partial charge on any atom is -0.426 e. The molecule has 6 heteroatoms. The van der Waals surface area contributed by atoms with E-state index in [1.54, 1.807) is 76.2 Å². The molecule has 0 radical (unpaired) electrons. The molecular formula is C28H26O6. The molecule has 34 heavy (non-hydrogen) atoms. The van der Waals surface area contributed by atoms with Crippen LogP contribution in [0.2, 0.25) is 0 Å². The molecule has 0 unspecified atom stereocenters. The Hall–Kier alpha value is -4.06. The van der Waals surface area contributed by atoms with Crippen LogP contribution in [0.15, 0.2) is 48.5 Å². The van der Waals surface area contributed by atoms with Crippen molar-refractivity contribution < 1.29 is 28.7 Å². The highest BCUT2D eigenvalue weighted by Crippen LogP contribution is 2.28. The second-order valence-corrected chi connectivity index (χ2v) is 8.30. The molecule has 0 saturated carbocycles. The van der Waals surface area contributed by atoms with Gasteiger partial charge in [0.05, 0.1) is 0 Å². The number of hydrogen-bond donors (Lipinski definition) is 0. The first-order chi connectivity index (χ1) is 16.0. The zero-order valence-corrected chi connectivity index (χ0v) is 20.1. The third-order valence-corrected chi connectivity index (χ3v) is 5.35. The Labute approximate surface area is 198 Å². The molecule has 0 aliphatic carbocycles. The number of aryl methyl sites for hydroxylation is 4. The summed E-state index contributed by atoms with van der Waals surface area (Å²) in [5.74, 6) is -0.325. The Balaban J connectivity index is 1.85. The summed E-state index contributed by atoms with van der Waals surface area (Å²) in [5, 5.41) is 0. The van der Waals surface area contributed by atoms with E-state index in [0.717, 1.165) is 0 Å². The van der Waals surface area contributed by atoms with Crippen molar-refractivity contribution in [2.45, 2.75) is 41.5 Å². The van der Waals surface area contributed by atoms with Crippen LogP contribution in [0.5, 0.6) is 11.5 Å². The summed E-state index contributed by atoms with van der Waals surface area (Å²) in [4.78, 5) is 48.6. The normalized spacial score (nSPS) is 10.5. The van der Waals surface area contributed by atoms with E-state index < -0.39 is 11.9 Å². The van der Waals surface area contributed by atoms with Crippen molar-refractivity contribution in [3.63, 3.8) is 0 Å². The van der Waals surface area contributed by atoms with Crippen molar-refractivity contribution in [2.75, 3.05) is 0 Å². The minimum atomic E-state index is -0.420. The zero-order chi connectivity index (χ0) is 25.2. The van der Waals surface area contributed by atoms with Gasteiger partial charge >= 0.3 is 11.9 Å². The molecule has 0 aromatic heterocycles. The lowest BCUT2D eigenvalue weighted by Crippen LogP contribution is -2.09. The molecular weight excluding hydrogens is 432 g/mol. The third-order valence-electron chi connectivity index (χ3n) is 5.35. The Morgan fingerprint density at radius 2 is 0.765 bits per heavy atom. The van der Waals surface area contributed by atoms with E-state index in [1.807, 2.05) is 0 Å². The molecule has 0 N–H and O–H groups in total. The average Bonchev–Trinajstić information content (AvgIpc) is 2.77. The zero-order valence-electron chi connectivity index (χ0n) is 20.1. The molecule has 0 fully saturated rings. The van der Waals surface area contributed by atoms with E-state index in [0.29, 0.717) is 56.0 Å². The van der Waals surface area contributed by atoms with Crippen LogP contribution in [-0.2, 0) is 9.59 Å². The molecule has 0 heterocycles. The fourth-order valence-corrected chi connectivity index (χ4v) is 3.88. The third kappa shape index (κ3) is 5.29. The monoisotopic (exact) mass is 458 g/mol. The molecule has 0 spiro atoms. The molecule has 0 bridgehead atoms. The van der Waals surface area contributed by atoms with Crippen molar-refractivity contribution in [3.05, 3.63) is 93.0 Å². The van der Waals surface area contributed by atoms with Crippen LogP contribution in [0, 0.1) is 27.7 Å². The highest BCUT2D eigenvalue weighted by atomic mass is 16.5. The number of benzene rings is 3. The number of rotatable bonds is 6. The number of carbonyl (C=O) groups excluding carboxylic acids is 4. The summed E-state index contributed by atoms with van der Waals surface area (Å²) in [6.07, 6.45) is 0. The molecule has 0 atom stereocenters. The lowest BCUT2D eigenvalue weighted by Gasteiger charge is -2.12. The standard InChI is InChI=1S/C28H26O6/c1-15-11-23(12-16(2)27(15)33-19(5)29)25(31)21-7-9-22(10-8-21)26(32)24-13-17(3)28(18(4)14-24)34-20(6)30/h7-14H,1-6H3. The first kappa shape index (κ1) is 24.6. The predicted octanol–water partition coefficient (Wildman–Crippen LogP) is 5.23. The Kier molecular flexibility index (Phi) is 7.11. The fourth-order valence-electron chi connectivity index (χ4n) is 3.88. The van der Waals surface area contributed by atoms with Gasteiger partial charge in [0.2, 0.25) is 0 Å². The Morgan fingerprint density at radius 3 is 1.00 bits per heavy atom. The lowest BCUT2D eigenvalue weighted by molar-refractivity contribution is -0.132. The van der Waals surface area contributed by atoms with Gasteiger partial charge in [0, 0.05) is 36.1 Å². The van der Waals surface area contributed by atoms with Gasteiger partial charge in [-0.1, -0.05) is 24.3 Å². The smallest absolute Gasteiger partial charge is 0.308 e. The lowest BCUT2D eigenvalue weighted by atomic mass is 9.95. The minimum absolute atomic E-state index is 0.197. The van der Waals surface area contributed by atoms with Crippen LogP contribution in [0.1, 0.15) is 67.9 Å². The molecule has 0 saturated heterocycles. The van der Waals surface area contributed by atoms with E-state index in [1.165, 1.54) is 13.8 Å². The second kappa shape index (κ2) is 9.83. The quantitative estimate of drug-likeness (QED) is 0.285. The van der Waals surface area contributed by atoms with Gasteiger partial charge in [-0.15, -0.1) is 0 Å². The number of ether oxygens (including phenoxy) is 2. The highest BCUT2D eigenvalue weighted by molar-refractivity contribution is 6.12. The van der Waals surface area contributed by atoms with Gasteiger partial charge in [0.15, 0.2) is 11.6 Å². The predicted molar refractivity (Wildman–Crippen MR) is 128 cm³/mol. The van der Waals surface area contributed by atoms with Crippen molar-refractivity contribution in [1.29, 1.82) is 0 Å². The number of hydrogen-bond acceptors (Lipinski definition) is 6. The fraction of sp³-hybridized carbons (Fsp3) is 0.214. The van der Waals surface area contributed by atoms with E-state index in [9.17, 15) is 19.2 Å². The number of carbonyl (C=O) groups is 4. The summed E-state index contributed by atoms with van der Waals surface area (Å²) in [5.41, 5.74) is 4.57. The van der Waals surface area contributed by atoms with E-state index in [-0.39, 0.29) is 11.6 Å². The largest absolute Gasteiger partial charge is 0.426 e. The van der Waals surface area contributed by atoms with Crippen LogP contribution in [0.3, 0.4) is 0 Å². The molecule has 6 nitrogen and oxygen atoms in total.